The van der Waals surface area contributed by atoms with Gasteiger partial charge in [-0.15, -0.1) is 0 Å². The minimum absolute atomic E-state index is 0.127. The second-order valence-electron chi connectivity index (χ2n) is 8.65. The fourth-order valence-corrected chi connectivity index (χ4v) is 5.92. The Morgan fingerprint density at radius 2 is 1.80 bits per heavy atom. The summed E-state index contributed by atoms with van der Waals surface area (Å²) < 4.78 is 17.9. The third-order valence-electron chi connectivity index (χ3n) is 5.95. The van der Waals surface area contributed by atoms with Crippen LogP contribution in [0.5, 0.6) is 11.5 Å². The number of hydrogen-bond donors (Lipinski definition) is 0. The minimum Gasteiger partial charge on any atom is -0.490 e. The van der Waals surface area contributed by atoms with Crippen LogP contribution in [0.4, 0.5) is 0 Å². The van der Waals surface area contributed by atoms with E-state index in [9.17, 15) is 14.4 Å². The Labute approximate surface area is 253 Å². The first-order valence-electron chi connectivity index (χ1n) is 13.1. The predicted molar refractivity (Wildman–Crippen MR) is 164 cm³/mol. The van der Waals surface area contributed by atoms with Gasteiger partial charge in [-0.25, -0.2) is 4.79 Å². The number of carbonyl (C=O) groups excluding carboxylic acids is 3. The molecule has 0 spiro atoms. The molecule has 1 fully saturated rings. The van der Waals surface area contributed by atoms with Gasteiger partial charge in [-0.1, -0.05) is 61.2 Å². The molecule has 1 atom stereocenters. The first kappa shape index (κ1) is 31.6. The Kier molecular flexibility index (Phi) is 12.0. The average Bonchev–Trinajstić information content (AvgIpc) is 3.20. The highest BCUT2D eigenvalue weighted by molar-refractivity contribution is 9.10. The van der Waals surface area contributed by atoms with Crippen molar-refractivity contribution in [3.63, 3.8) is 0 Å². The standard InChI is InChI=1S/C29H33BrN2O6S2/c1-5-14-37-28(35)25(20-12-10-9-11-13-20)32-27(34)23(40-29(32)39)17-19-15-21(30)26(22(16-19)36-8-4)38-18-24(33)31(6-2)7-3/h9-13,15-17,25H,5-8,14,18H2,1-4H3/b23-17+. The summed E-state index contributed by atoms with van der Waals surface area (Å²) >= 11 is 10.2. The van der Waals surface area contributed by atoms with Crippen molar-refractivity contribution >= 4 is 68.1 Å². The van der Waals surface area contributed by atoms with Gasteiger partial charge in [0.1, 0.15) is 4.32 Å². The van der Waals surface area contributed by atoms with Gasteiger partial charge in [-0.3, -0.25) is 14.5 Å². The van der Waals surface area contributed by atoms with Crippen molar-refractivity contribution in [3.8, 4) is 11.5 Å². The first-order chi connectivity index (χ1) is 19.2. The molecule has 11 heteroatoms. The van der Waals surface area contributed by atoms with E-state index >= 15 is 0 Å². The SMILES string of the molecule is CCCOC(=O)C(c1ccccc1)N1C(=O)/C(=C\c2cc(Br)c(OCC(=O)N(CC)CC)c(OCC)c2)SC1=S. The number of likely N-dealkylation sites (N-methyl/N-ethyl adjacent to an activating group) is 1. The Bertz CT molecular complexity index is 1270. The van der Waals surface area contributed by atoms with Crippen LogP contribution in [0.3, 0.4) is 0 Å². The van der Waals surface area contributed by atoms with Crippen LogP contribution in [0.15, 0.2) is 51.8 Å². The van der Waals surface area contributed by atoms with Crippen molar-refractivity contribution in [3.05, 3.63) is 63.0 Å². The third-order valence-corrected chi connectivity index (χ3v) is 7.87. The van der Waals surface area contributed by atoms with Crippen molar-refractivity contribution in [2.75, 3.05) is 32.9 Å². The number of halogens is 1. The van der Waals surface area contributed by atoms with Gasteiger partial charge in [-0.2, -0.15) is 0 Å². The fraction of sp³-hybridized carbons (Fsp3) is 0.379. The van der Waals surface area contributed by atoms with Crippen LogP contribution in [0, 0.1) is 0 Å². The van der Waals surface area contributed by atoms with E-state index in [0.29, 0.717) is 58.1 Å². The Hall–Kier alpha value is -2.89. The normalized spacial score (nSPS) is 14.8. The molecule has 1 unspecified atom stereocenters. The van der Waals surface area contributed by atoms with E-state index in [4.69, 9.17) is 26.4 Å². The predicted octanol–water partition coefficient (Wildman–Crippen LogP) is 5.99. The quantitative estimate of drug-likeness (QED) is 0.149. The number of thiocarbonyl (C=S) groups is 1. The van der Waals surface area contributed by atoms with Crippen LogP contribution >= 0.6 is 39.9 Å². The summed E-state index contributed by atoms with van der Waals surface area (Å²) in [7, 11) is 0. The summed E-state index contributed by atoms with van der Waals surface area (Å²) in [5.74, 6) is -0.229. The second kappa shape index (κ2) is 15.2. The number of nitrogens with zero attached hydrogens (tertiary/aromatic N) is 2. The van der Waals surface area contributed by atoms with Crippen LogP contribution in [-0.2, 0) is 19.1 Å². The van der Waals surface area contributed by atoms with Gasteiger partial charge in [0.05, 0.1) is 22.6 Å². The van der Waals surface area contributed by atoms with Crippen LogP contribution in [-0.4, -0.2) is 64.8 Å². The van der Waals surface area contributed by atoms with Crippen LogP contribution in [0.25, 0.3) is 6.08 Å². The molecule has 2 amide bonds. The maximum atomic E-state index is 13.6. The zero-order valence-electron chi connectivity index (χ0n) is 23.0. The molecular formula is C29H33BrN2O6S2. The summed E-state index contributed by atoms with van der Waals surface area (Å²) in [6, 6.07) is 11.5. The summed E-state index contributed by atoms with van der Waals surface area (Å²) in [6.07, 6.45) is 2.35. The number of rotatable bonds is 13. The number of ether oxygens (including phenoxy) is 3. The lowest BCUT2D eigenvalue weighted by atomic mass is 10.1. The molecule has 3 rings (SSSR count). The summed E-state index contributed by atoms with van der Waals surface area (Å²) in [5, 5.41) is 0. The van der Waals surface area contributed by atoms with Crippen molar-refractivity contribution < 1.29 is 28.6 Å². The fourth-order valence-electron chi connectivity index (χ4n) is 4.04. The number of esters is 1. The van der Waals surface area contributed by atoms with E-state index < -0.39 is 17.9 Å². The molecule has 0 saturated carbocycles. The molecule has 1 saturated heterocycles. The molecule has 0 aliphatic carbocycles. The minimum atomic E-state index is -0.990. The maximum Gasteiger partial charge on any atom is 0.333 e. The van der Waals surface area contributed by atoms with E-state index in [2.05, 4.69) is 15.9 Å². The lowest BCUT2D eigenvalue weighted by Gasteiger charge is -2.25. The molecule has 0 N–H and O–H groups in total. The molecule has 8 nitrogen and oxygen atoms in total. The molecule has 1 aliphatic rings. The zero-order valence-corrected chi connectivity index (χ0v) is 26.2. The molecule has 0 radical (unpaired) electrons. The summed E-state index contributed by atoms with van der Waals surface area (Å²) in [5.41, 5.74) is 1.27. The van der Waals surface area contributed by atoms with Gasteiger partial charge in [0.2, 0.25) is 0 Å². The monoisotopic (exact) mass is 648 g/mol. The highest BCUT2D eigenvalue weighted by atomic mass is 79.9. The van der Waals surface area contributed by atoms with Crippen molar-refractivity contribution in [1.29, 1.82) is 0 Å². The van der Waals surface area contributed by atoms with Crippen molar-refractivity contribution in [1.82, 2.24) is 9.80 Å². The third kappa shape index (κ3) is 7.64. The van der Waals surface area contributed by atoms with Gasteiger partial charge in [-0.05, 0) is 72.5 Å². The molecule has 0 aromatic heterocycles. The van der Waals surface area contributed by atoms with E-state index in [1.807, 2.05) is 33.8 Å². The number of carbonyl (C=O) groups is 3. The van der Waals surface area contributed by atoms with Crippen molar-refractivity contribution in [2.24, 2.45) is 0 Å². The van der Waals surface area contributed by atoms with Gasteiger partial charge >= 0.3 is 5.97 Å². The lowest BCUT2D eigenvalue weighted by molar-refractivity contribution is -0.151. The number of hydrogen-bond acceptors (Lipinski definition) is 8. The molecule has 1 heterocycles. The van der Waals surface area contributed by atoms with Crippen LogP contribution < -0.4 is 9.47 Å². The largest absolute Gasteiger partial charge is 0.490 e. The van der Waals surface area contributed by atoms with Gasteiger partial charge < -0.3 is 19.1 Å². The topological polar surface area (TPSA) is 85.4 Å². The van der Waals surface area contributed by atoms with Gasteiger partial charge in [0, 0.05) is 13.1 Å². The maximum absolute atomic E-state index is 13.6. The lowest BCUT2D eigenvalue weighted by Crippen LogP contribution is -2.38. The first-order valence-corrected chi connectivity index (χ1v) is 15.1. The molecule has 40 heavy (non-hydrogen) atoms. The van der Waals surface area contributed by atoms with Crippen molar-refractivity contribution in [2.45, 2.75) is 40.2 Å². The molecule has 2 aromatic rings. The van der Waals surface area contributed by atoms with Gasteiger partial charge in [0.25, 0.3) is 11.8 Å². The molecule has 2 aromatic carbocycles. The van der Waals surface area contributed by atoms with Crippen LogP contribution in [0.1, 0.15) is 51.3 Å². The Morgan fingerprint density at radius 3 is 2.42 bits per heavy atom. The average molecular weight is 650 g/mol. The van der Waals surface area contributed by atoms with E-state index in [-0.39, 0.29) is 23.4 Å². The summed E-state index contributed by atoms with van der Waals surface area (Å²) in [6.45, 7) is 9.25. The second-order valence-corrected chi connectivity index (χ2v) is 11.2. The number of benzene rings is 2. The van der Waals surface area contributed by atoms with E-state index in [0.717, 1.165) is 11.8 Å². The highest BCUT2D eigenvalue weighted by Crippen LogP contribution is 2.41. The zero-order chi connectivity index (χ0) is 29.2. The van der Waals surface area contributed by atoms with E-state index in [1.54, 1.807) is 47.4 Å². The van der Waals surface area contributed by atoms with Gasteiger partial charge in [0.15, 0.2) is 24.1 Å². The Morgan fingerprint density at radius 1 is 1.10 bits per heavy atom. The van der Waals surface area contributed by atoms with Crippen LogP contribution in [0.2, 0.25) is 0 Å². The Balaban J connectivity index is 1.91. The number of thioether (sulfide) groups is 1. The molecule has 214 valence electrons. The highest BCUT2D eigenvalue weighted by Gasteiger charge is 2.42. The number of amides is 2. The smallest absolute Gasteiger partial charge is 0.333 e. The molecule has 0 bridgehead atoms. The molecule has 1 aliphatic heterocycles. The summed E-state index contributed by atoms with van der Waals surface area (Å²) in [4.78, 5) is 42.5. The van der Waals surface area contributed by atoms with E-state index in [1.165, 1.54) is 4.90 Å². The molecular weight excluding hydrogens is 616 g/mol.